The van der Waals surface area contributed by atoms with Crippen LogP contribution in [0.1, 0.15) is 23.7 Å². The lowest BCUT2D eigenvalue weighted by Crippen LogP contribution is -2.27. The number of nitrogens with one attached hydrogen (secondary N) is 1. The third-order valence-corrected chi connectivity index (χ3v) is 4.74. The number of hydrogen-bond acceptors (Lipinski definition) is 4. The zero-order valence-electron chi connectivity index (χ0n) is 10.4. The maximum atomic E-state index is 12.0. The first-order valence-electron chi connectivity index (χ1n) is 5.56. The Morgan fingerprint density at radius 2 is 2.00 bits per heavy atom. The van der Waals surface area contributed by atoms with Gasteiger partial charge in [0.25, 0.3) is 0 Å². The minimum absolute atomic E-state index is 0.00135. The third kappa shape index (κ3) is 4.07. The highest BCUT2D eigenvalue weighted by atomic mass is 35.5. The van der Waals surface area contributed by atoms with E-state index in [1.807, 2.05) is 0 Å². The molecular weight excluding hydrogens is 329 g/mol. The van der Waals surface area contributed by atoms with Crippen LogP contribution in [0, 0.1) is 0 Å². The van der Waals surface area contributed by atoms with Gasteiger partial charge in [-0.25, -0.2) is 17.9 Å². The molecule has 3 N–H and O–H groups in total. The molecule has 0 aliphatic carbocycles. The van der Waals surface area contributed by atoms with Gasteiger partial charge in [-0.3, -0.25) is 0 Å². The van der Waals surface area contributed by atoms with Crippen LogP contribution < -0.4 is 4.72 Å². The molecule has 0 aliphatic rings. The number of aromatic carboxylic acids is 1. The summed E-state index contributed by atoms with van der Waals surface area (Å²) in [4.78, 5) is 10.6. The van der Waals surface area contributed by atoms with Gasteiger partial charge >= 0.3 is 5.97 Å². The van der Waals surface area contributed by atoms with Crippen LogP contribution in [0.4, 0.5) is 0 Å². The first-order valence-corrected chi connectivity index (χ1v) is 7.79. The van der Waals surface area contributed by atoms with Gasteiger partial charge in [-0.2, -0.15) is 0 Å². The normalized spacial score (nSPS) is 13.2. The Labute approximate surface area is 126 Å². The minimum atomic E-state index is -3.97. The van der Waals surface area contributed by atoms with Crippen molar-refractivity contribution in [3.8, 4) is 0 Å². The van der Waals surface area contributed by atoms with Gasteiger partial charge in [-0.15, -0.1) is 0 Å². The standard InChI is InChI=1S/C11H13Cl2NO5S/c1-6(15)4-5-14-20(18,19)8-3-2-7(12)9(10(8)13)11(16)17/h2-3,6,14-15H,4-5H2,1H3,(H,16,17). The topological polar surface area (TPSA) is 104 Å². The lowest BCUT2D eigenvalue weighted by Gasteiger charge is -2.11. The molecule has 1 atom stereocenters. The average molecular weight is 342 g/mol. The molecule has 0 aromatic heterocycles. The van der Waals surface area contributed by atoms with E-state index in [0.717, 1.165) is 12.1 Å². The summed E-state index contributed by atoms with van der Waals surface area (Å²) >= 11 is 11.5. The molecule has 1 aromatic carbocycles. The fourth-order valence-electron chi connectivity index (χ4n) is 1.42. The van der Waals surface area contributed by atoms with Crippen molar-refractivity contribution in [3.63, 3.8) is 0 Å². The van der Waals surface area contributed by atoms with Gasteiger partial charge in [0.05, 0.1) is 21.7 Å². The summed E-state index contributed by atoms with van der Waals surface area (Å²) < 4.78 is 26.2. The summed E-state index contributed by atoms with van der Waals surface area (Å²) in [6.45, 7) is 1.52. The fraction of sp³-hybridized carbons (Fsp3) is 0.364. The van der Waals surface area contributed by atoms with Crippen molar-refractivity contribution >= 4 is 39.2 Å². The molecule has 0 heterocycles. The number of benzene rings is 1. The highest BCUT2D eigenvalue weighted by Gasteiger charge is 2.24. The van der Waals surface area contributed by atoms with Crippen LogP contribution >= 0.6 is 23.2 Å². The third-order valence-electron chi connectivity index (χ3n) is 2.41. The molecule has 112 valence electrons. The van der Waals surface area contributed by atoms with E-state index in [9.17, 15) is 13.2 Å². The highest BCUT2D eigenvalue weighted by molar-refractivity contribution is 7.89. The minimum Gasteiger partial charge on any atom is -0.478 e. The molecule has 0 aliphatic heterocycles. The zero-order chi connectivity index (χ0) is 15.5. The smallest absolute Gasteiger partial charge is 0.338 e. The Balaban J connectivity index is 3.13. The Kier molecular flexibility index (Phi) is 5.79. The van der Waals surface area contributed by atoms with Crippen LogP contribution in [0.25, 0.3) is 0 Å². The molecule has 0 saturated heterocycles. The van der Waals surface area contributed by atoms with Crippen molar-refractivity contribution in [2.45, 2.75) is 24.3 Å². The molecule has 0 spiro atoms. The van der Waals surface area contributed by atoms with Crippen molar-refractivity contribution in [1.82, 2.24) is 4.72 Å². The van der Waals surface area contributed by atoms with Gasteiger partial charge in [0.1, 0.15) is 4.90 Å². The van der Waals surface area contributed by atoms with Gasteiger partial charge < -0.3 is 10.2 Å². The Morgan fingerprint density at radius 1 is 1.40 bits per heavy atom. The van der Waals surface area contributed by atoms with E-state index >= 15 is 0 Å². The van der Waals surface area contributed by atoms with Crippen LogP contribution in [0.3, 0.4) is 0 Å². The van der Waals surface area contributed by atoms with E-state index < -0.39 is 32.7 Å². The van der Waals surface area contributed by atoms with Crippen molar-refractivity contribution in [2.24, 2.45) is 0 Å². The number of rotatable bonds is 6. The number of aliphatic hydroxyl groups is 1. The van der Waals surface area contributed by atoms with Crippen LogP contribution in [0.5, 0.6) is 0 Å². The molecule has 0 fully saturated rings. The Hall–Kier alpha value is -0.860. The Morgan fingerprint density at radius 3 is 2.50 bits per heavy atom. The fourth-order valence-corrected chi connectivity index (χ4v) is 3.38. The largest absolute Gasteiger partial charge is 0.478 e. The molecule has 0 amide bonds. The molecule has 0 bridgehead atoms. The van der Waals surface area contributed by atoms with Crippen molar-refractivity contribution in [1.29, 1.82) is 0 Å². The second-order valence-corrected chi connectivity index (χ2v) is 6.60. The maximum absolute atomic E-state index is 12.0. The molecule has 9 heteroatoms. The average Bonchev–Trinajstić information content (AvgIpc) is 2.26. The number of carbonyl (C=O) groups is 1. The predicted octanol–water partition coefficient (Wildman–Crippen LogP) is 1.74. The van der Waals surface area contributed by atoms with Crippen LogP contribution in [0.2, 0.25) is 10.0 Å². The molecule has 0 saturated carbocycles. The summed E-state index contributed by atoms with van der Waals surface area (Å²) in [5.74, 6) is -1.42. The summed E-state index contributed by atoms with van der Waals surface area (Å²) in [6.07, 6.45) is -0.441. The number of carboxylic acid groups (broad SMARTS) is 1. The van der Waals surface area contributed by atoms with Crippen LogP contribution in [-0.2, 0) is 10.0 Å². The summed E-state index contributed by atoms with van der Waals surface area (Å²) in [5.41, 5.74) is -0.466. The van der Waals surface area contributed by atoms with Crippen molar-refractivity contribution < 1.29 is 23.4 Å². The van der Waals surface area contributed by atoms with E-state index in [2.05, 4.69) is 4.72 Å². The molecule has 1 aromatic rings. The summed E-state index contributed by atoms with van der Waals surface area (Å²) in [5, 5.41) is 17.4. The van der Waals surface area contributed by atoms with E-state index in [1.54, 1.807) is 0 Å². The number of carboxylic acids is 1. The van der Waals surface area contributed by atoms with Crippen LogP contribution in [0.15, 0.2) is 17.0 Å². The number of halogens is 2. The summed E-state index contributed by atoms with van der Waals surface area (Å²) in [7, 11) is -3.97. The molecule has 0 radical (unpaired) electrons. The first kappa shape index (κ1) is 17.2. The quantitative estimate of drug-likeness (QED) is 0.731. The lowest BCUT2D eigenvalue weighted by atomic mass is 10.2. The summed E-state index contributed by atoms with van der Waals surface area (Å²) in [6, 6.07) is 2.28. The van der Waals surface area contributed by atoms with E-state index in [1.165, 1.54) is 6.92 Å². The monoisotopic (exact) mass is 341 g/mol. The molecule has 1 unspecified atom stereocenters. The van der Waals surface area contributed by atoms with E-state index in [4.69, 9.17) is 33.4 Å². The predicted molar refractivity (Wildman–Crippen MR) is 74.9 cm³/mol. The second kappa shape index (κ2) is 6.73. The zero-order valence-corrected chi connectivity index (χ0v) is 12.8. The molecular formula is C11H13Cl2NO5S. The number of aliphatic hydroxyl groups excluding tert-OH is 1. The van der Waals surface area contributed by atoms with Crippen molar-refractivity contribution in [2.75, 3.05) is 6.54 Å². The van der Waals surface area contributed by atoms with Gasteiger partial charge in [0.15, 0.2) is 0 Å². The number of hydrogen-bond donors (Lipinski definition) is 3. The van der Waals surface area contributed by atoms with Crippen molar-refractivity contribution in [3.05, 3.63) is 27.7 Å². The SMILES string of the molecule is CC(O)CCNS(=O)(=O)c1ccc(Cl)c(C(=O)O)c1Cl. The van der Waals surface area contributed by atoms with Crippen LogP contribution in [-0.4, -0.2) is 37.2 Å². The second-order valence-electron chi connectivity index (χ2n) is 4.08. The first-order chi connectivity index (χ1) is 9.16. The molecule has 1 rings (SSSR count). The van der Waals surface area contributed by atoms with Gasteiger partial charge in [-0.05, 0) is 25.5 Å². The lowest BCUT2D eigenvalue weighted by molar-refractivity contribution is 0.0697. The van der Waals surface area contributed by atoms with Gasteiger partial charge in [0, 0.05) is 6.54 Å². The Bertz CT molecular complexity index is 615. The molecule has 6 nitrogen and oxygen atoms in total. The molecule has 20 heavy (non-hydrogen) atoms. The van der Waals surface area contributed by atoms with Gasteiger partial charge in [-0.1, -0.05) is 23.2 Å². The highest BCUT2D eigenvalue weighted by Crippen LogP contribution is 2.30. The van der Waals surface area contributed by atoms with E-state index in [0.29, 0.717) is 0 Å². The number of sulfonamides is 1. The maximum Gasteiger partial charge on any atom is 0.338 e. The van der Waals surface area contributed by atoms with Gasteiger partial charge in [0.2, 0.25) is 10.0 Å². The van der Waals surface area contributed by atoms with E-state index in [-0.39, 0.29) is 22.9 Å².